The van der Waals surface area contributed by atoms with Crippen LogP contribution >= 0.6 is 23.8 Å². The average Bonchev–Trinajstić information content (AvgIpc) is 3.44. The third-order valence-corrected chi connectivity index (χ3v) is 6.22. The quantitative estimate of drug-likeness (QED) is 0.377. The molecule has 5 rings (SSSR count). The molecule has 4 aromatic rings. The van der Waals surface area contributed by atoms with E-state index in [1.165, 1.54) is 0 Å². The molecule has 0 amide bonds. The molecule has 0 unspecified atom stereocenters. The first kappa shape index (κ1) is 21.2. The average molecular weight is 475 g/mol. The van der Waals surface area contributed by atoms with Gasteiger partial charge in [0.1, 0.15) is 6.04 Å². The Labute approximate surface area is 201 Å². The van der Waals surface area contributed by atoms with Gasteiger partial charge in [-0.2, -0.15) is 0 Å². The lowest BCUT2D eigenvalue weighted by Gasteiger charge is -2.29. The summed E-state index contributed by atoms with van der Waals surface area (Å²) in [4.78, 5) is 18.2. The number of carboxylic acids is 1. The number of thiocarbonyl (C=S) groups is 1. The normalized spacial score (nSPS) is 17.7. The van der Waals surface area contributed by atoms with Crippen LogP contribution in [0.1, 0.15) is 33.8 Å². The summed E-state index contributed by atoms with van der Waals surface area (Å²) in [5.74, 6) is -0.969. The predicted molar refractivity (Wildman–Crippen MR) is 132 cm³/mol. The van der Waals surface area contributed by atoms with E-state index in [2.05, 4.69) is 15.2 Å². The number of benzene rings is 2. The lowest BCUT2D eigenvalue weighted by Crippen LogP contribution is -2.30. The Kier molecular flexibility index (Phi) is 5.58. The highest BCUT2D eigenvalue weighted by Gasteiger charge is 2.42. The summed E-state index contributed by atoms with van der Waals surface area (Å²) in [5, 5.41) is 14.1. The molecule has 0 saturated carbocycles. The topological polar surface area (TPSA) is 70.4 Å². The Morgan fingerprint density at radius 1 is 1.00 bits per heavy atom. The zero-order valence-electron chi connectivity index (χ0n) is 17.3. The lowest BCUT2D eigenvalue weighted by molar-refractivity contribution is 0.0697. The molecule has 1 aliphatic rings. The number of aromatic carboxylic acids is 1. The minimum atomic E-state index is -0.969. The van der Waals surface area contributed by atoms with E-state index in [0.717, 1.165) is 22.8 Å². The zero-order valence-corrected chi connectivity index (χ0v) is 18.9. The number of hydrogen-bond acceptors (Lipinski definition) is 3. The van der Waals surface area contributed by atoms with Crippen molar-refractivity contribution in [2.75, 3.05) is 4.90 Å². The molecular weight excluding hydrogens is 456 g/mol. The van der Waals surface area contributed by atoms with E-state index in [4.69, 9.17) is 23.8 Å². The zero-order chi connectivity index (χ0) is 22.9. The highest BCUT2D eigenvalue weighted by molar-refractivity contribution is 7.80. The number of nitrogens with one attached hydrogen (secondary N) is 1. The molecule has 6 nitrogen and oxygen atoms in total. The second kappa shape index (κ2) is 8.69. The minimum Gasteiger partial charge on any atom is -0.478 e. The Hall–Kier alpha value is -3.68. The summed E-state index contributed by atoms with van der Waals surface area (Å²) >= 11 is 11.9. The van der Waals surface area contributed by atoms with Crippen LogP contribution in [0, 0.1) is 0 Å². The Morgan fingerprint density at radius 2 is 1.82 bits per heavy atom. The third kappa shape index (κ3) is 3.97. The van der Waals surface area contributed by atoms with Gasteiger partial charge in [0.15, 0.2) is 5.11 Å². The standard InChI is InChI=1S/C25H19ClN4O2S/c26-17-9-11-18(12-10-17)30-23(22(28-25(30)33)20-7-1-2-13-27-20)21-8-4-14-29(21)19-6-3-5-16(15-19)24(31)32/h1-15,22-23H,(H,28,33)(H,31,32)/t22-,23+/m1/s1. The maximum absolute atomic E-state index is 11.5. The molecule has 3 heterocycles. The predicted octanol–water partition coefficient (Wildman–Crippen LogP) is 5.40. The van der Waals surface area contributed by atoms with Crippen molar-refractivity contribution in [1.29, 1.82) is 0 Å². The number of rotatable bonds is 5. The van der Waals surface area contributed by atoms with Crippen LogP contribution in [0.3, 0.4) is 0 Å². The van der Waals surface area contributed by atoms with Gasteiger partial charge in [-0.3, -0.25) is 4.98 Å². The summed E-state index contributed by atoms with van der Waals surface area (Å²) in [6, 6.07) is 23.7. The number of pyridine rings is 1. The van der Waals surface area contributed by atoms with E-state index in [-0.39, 0.29) is 17.6 Å². The molecule has 1 fully saturated rings. The van der Waals surface area contributed by atoms with Gasteiger partial charge >= 0.3 is 5.97 Å². The minimum absolute atomic E-state index is 0.217. The smallest absolute Gasteiger partial charge is 0.335 e. The molecule has 0 aliphatic carbocycles. The van der Waals surface area contributed by atoms with E-state index in [9.17, 15) is 9.90 Å². The van der Waals surface area contributed by atoms with Crippen LogP contribution in [0.2, 0.25) is 5.02 Å². The van der Waals surface area contributed by atoms with E-state index in [1.54, 1.807) is 24.4 Å². The first-order valence-electron chi connectivity index (χ1n) is 10.3. The molecule has 8 heteroatoms. The molecular formula is C25H19ClN4O2S. The van der Waals surface area contributed by atoms with Gasteiger partial charge in [0.25, 0.3) is 0 Å². The summed E-state index contributed by atoms with van der Waals surface area (Å²) in [6.45, 7) is 0. The third-order valence-electron chi connectivity index (χ3n) is 5.66. The number of anilines is 1. The maximum Gasteiger partial charge on any atom is 0.335 e. The van der Waals surface area contributed by atoms with Crippen LogP contribution < -0.4 is 10.2 Å². The number of aromatic nitrogens is 2. The van der Waals surface area contributed by atoms with Crippen molar-refractivity contribution in [2.24, 2.45) is 0 Å². The summed E-state index contributed by atoms with van der Waals surface area (Å²) in [7, 11) is 0. The Morgan fingerprint density at radius 3 is 2.55 bits per heavy atom. The SMILES string of the molecule is O=C(O)c1cccc(-n2cccc2[C@H]2[C@@H](c3ccccn3)NC(=S)N2c2ccc(Cl)cc2)c1. The van der Waals surface area contributed by atoms with Crippen molar-refractivity contribution in [1.82, 2.24) is 14.9 Å². The van der Waals surface area contributed by atoms with Crippen LogP contribution in [-0.4, -0.2) is 25.7 Å². The van der Waals surface area contributed by atoms with Crippen molar-refractivity contribution in [3.05, 3.63) is 113 Å². The van der Waals surface area contributed by atoms with Gasteiger partial charge in [-0.05, 0) is 78.9 Å². The second-order valence-corrected chi connectivity index (χ2v) is 8.45. The van der Waals surface area contributed by atoms with Gasteiger partial charge in [-0.1, -0.05) is 23.7 Å². The fourth-order valence-corrected chi connectivity index (χ4v) is 4.67. The maximum atomic E-state index is 11.5. The lowest BCUT2D eigenvalue weighted by atomic mass is 10.0. The van der Waals surface area contributed by atoms with Gasteiger partial charge in [0.2, 0.25) is 0 Å². The molecule has 0 spiro atoms. The molecule has 0 radical (unpaired) electrons. The van der Waals surface area contributed by atoms with E-state index >= 15 is 0 Å². The van der Waals surface area contributed by atoms with Crippen LogP contribution in [0.4, 0.5) is 5.69 Å². The van der Waals surface area contributed by atoms with Gasteiger partial charge in [-0.15, -0.1) is 0 Å². The first-order valence-corrected chi connectivity index (χ1v) is 11.1. The van der Waals surface area contributed by atoms with Crippen molar-refractivity contribution in [3.63, 3.8) is 0 Å². The molecule has 33 heavy (non-hydrogen) atoms. The van der Waals surface area contributed by atoms with Gasteiger partial charge in [0.05, 0.1) is 17.3 Å². The number of carboxylic acid groups (broad SMARTS) is 1. The van der Waals surface area contributed by atoms with E-state index in [0.29, 0.717) is 10.1 Å². The molecule has 164 valence electrons. The van der Waals surface area contributed by atoms with Crippen LogP contribution in [-0.2, 0) is 0 Å². The molecule has 2 atom stereocenters. The van der Waals surface area contributed by atoms with Gasteiger partial charge in [-0.25, -0.2) is 4.79 Å². The van der Waals surface area contributed by atoms with E-state index in [1.807, 2.05) is 71.4 Å². The van der Waals surface area contributed by atoms with Crippen molar-refractivity contribution < 1.29 is 9.90 Å². The van der Waals surface area contributed by atoms with Gasteiger partial charge < -0.3 is 19.9 Å². The van der Waals surface area contributed by atoms with Crippen molar-refractivity contribution in [2.45, 2.75) is 12.1 Å². The van der Waals surface area contributed by atoms with E-state index < -0.39 is 5.97 Å². The molecule has 1 aliphatic heterocycles. The summed E-state index contributed by atoms with van der Waals surface area (Å²) in [5.41, 5.74) is 3.67. The number of halogens is 1. The van der Waals surface area contributed by atoms with Crippen LogP contribution in [0.15, 0.2) is 91.3 Å². The Balaban J connectivity index is 1.66. The highest BCUT2D eigenvalue weighted by Crippen LogP contribution is 2.42. The van der Waals surface area contributed by atoms with Crippen LogP contribution in [0.25, 0.3) is 5.69 Å². The molecule has 2 aromatic carbocycles. The monoisotopic (exact) mass is 474 g/mol. The van der Waals surface area contributed by atoms with Crippen LogP contribution in [0.5, 0.6) is 0 Å². The second-order valence-electron chi connectivity index (χ2n) is 7.63. The molecule has 1 saturated heterocycles. The summed E-state index contributed by atoms with van der Waals surface area (Å²) in [6.07, 6.45) is 3.69. The van der Waals surface area contributed by atoms with Crippen molar-refractivity contribution >= 4 is 40.6 Å². The fourth-order valence-electron chi connectivity index (χ4n) is 4.19. The molecule has 0 bridgehead atoms. The first-order chi connectivity index (χ1) is 16.0. The largest absolute Gasteiger partial charge is 0.478 e. The molecule has 2 N–H and O–H groups in total. The van der Waals surface area contributed by atoms with Gasteiger partial charge in [0, 0.05) is 34.5 Å². The number of nitrogens with zero attached hydrogens (tertiary/aromatic N) is 3. The number of carbonyl (C=O) groups is 1. The summed E-state index contributed by atoms with van der Waals surface area (Å²) < 4.78 is 1.99. The highest BCUT2D eigenvalue weighted by atomic mass is 35.5. The van der Waals surface area contributed by atoms with Crippen molar-refractivity contribution in [3.8, 4) is 5.69 Å². The molecule has 2 aromatic heterocycles. The Bertz CT molecular complexity index is 1320. The number of hydrogen-bond donors (Lipinski definition) is 2. The fraction of sp³-hybridized carbons (Fsp3) is 0.0800.